The number of nitrogens with zero attached hydrogens (tertiary/aromatic N) is 6. The summed E-state index contributed by atoms with van der Waals surface area (Å²) >= 11 is 0. The molecule has 0 spiro atoms. The number of tetrazole rings is 1. The number of methoxy groups -OCH3 is 2. The van der Waals surface area contributed by atoms with Gasteiger partial charge in [-0.15, -0.1) is 5.10 Å². The summed E-state index contributed by atoms with van der Waals surface area (Å²) in [6, 6.07) is 12.3. The Balaban J connectivity index is 1.72. The lowest BCUT2D eigenvalue weighted by Crippen LogP contribution is -2.49. The molecule has 1 aromatic heterocycles. The van der Waals surface area contributed by atoms with Gasteiger partial charge in [0.1, 0.15) is 23.4 Å². The molecule has 9 heteroatoms. The lowest BCUT2D eigenvalue weighted by Gasteiger charge is -2.40. The predicted molar refractivity (Wildman–Crippen MR) is 129 cm³/mol. The van der Waals surface area contributed by atoms with E-state index >= 15 is 0 Å². The number of aromatic nitrogens is 4. The van der Waals surface area contributed by atoms with Crippen molar-refractivity contribution in [3.05, 3.63) is 59.7 Å². The van der Waals surface area contributed by atoms with Crippen LogP contribution >= 0.6 is 0 Å². The Bertz CT molecular complexity index is 1090. The zero-order valence-corrected chi connectivity index (χ0v) is 20.5. The maximum atomic E-state index is 13.4. The van der Waals surface area contributed by atoms with E-state index in [2.05, 4.69) is 46.1 Å². The number of benzene rings is 2. The molecule has 0 bridgehead atoms. The van der Waals surface area contributed by atoms with E-state index in [4.69, 9.17) is 9.47 Å². The first-order valence-corrected chi connectivity index (χ1v) is 11.6. The van der Waals surface area contributed by atoms with Crippen LogP contribution in [0, 0.1) is 5.82 Å². The minimum absolute atomic E-state index is 0.221. The Kier molecular flexibility index (Phi) is 7.02. The summed E-state index contributed by atoms with van der Waals surface area (Å²) < 4.78 is 26.6. The molecular weight excluding hydrogens is 435 g/mol. The smallest absolute Gasteiger partial charge is 0.173 e. The molecule has 0 amide bonds. The van der Waals surface area contributed by atoms with Crippen LogP contribution in [-0.4, -0.2) is 65.5 Å². The van der Waals surface area contributed by atoms with E-state index in [1.54, 1.807) is 14.2 Å². The fourth-order valence-electron chi connectivity index (χ4n) is 4.39. The van der Waals surface area contributed by atoms with E-state index in [0.717, 1.165) is 61.2 Å². The van der Waals surface area contributed by atoms with Gasteiger partial charge in [0.05, 0.1) is 19.8 Å². The van der Waals surface area contributed by atoms with Crippen molar-refractivity contribution >= 4 is 5.69 Å². The van der Waals surface area contributed by atoms with Gasteiger partial charge in [0.2, 0.25) is 0 Å². The zero-order valence-electron chi connectivity index (χ0n) is 20.5. The van der Waals surface area contributed by atoms with Gasteiger partial charge in [0.25, 0.3) is 0 Å². The van der Waals surface area contributed by atoms with Crippen LogP contribution in [0.3, 0.4) is 0 Å². The molecule has 8 nitrogen and oxygen atoms in total. The lowest BCUT2D eigenvalue weighted by atomic mass is 9.98. The van der Waals surface area contributed by atoms with Crippen LogP contribution in [0.4, 0.5) is 10.1 Å². The second kappa shape index (κ2) is 9.97. The number of hydrogen-bond donors (Lipinski definition) is 0. The fourth-order valence-corrected chi connectivity index (χ4v) is 4.39. The van der Waals surface area contributed by atoms with E-state index in [0.29, 0.717) is 0 Å². The highest BCUT2D eigenvalue weighted by atomic mass is 19.1. The predicted octanol–water partition coefficient (Wildman–Crippen LogP) is 3.89. The van der Waals surface area contributed by atoms with Crippen LogP contribution in [0.5, 0.6) is 11.5 Å². The summed E-state index contributed by atoms with van der Waals surface area (Å²) in [7, 11) is 3.33. The number of hydrogen-bond acceptors (Lipinski definition) is 7. The molecule has 0 unspecified atom stereocenters. The normalized spacial score (nSPS) is 15.9. The van der Waals surface area contributed by atoms with Gasteiger partial charge in [0.15, 0.2) is 5.82 Å². The van der Waals surface area contributed by atoms with E-state index in [9.17, 15) is 4.39 Å². The molecule has 1 aliphatic rings. The lowest BCUT2D eigenvalue weighted by molar-refractivity contribution is 0.184. The SMILES string of the molecule is CCC(C)(C)n1nnnc1[C@@H](c1cc(OC)ccc1OC)N1CCN(c2ccc(F)cc2)CC1. The fraction of sp³-hybridized carbons (Fsp3) is 0.480. The van der Waals surface area contributed by atoms with Gasteiger partial charge >= 0.3 is 0 Å². The molecular formula is C25H33FN6O2. The molecule has 1 fully saturated rings. The van der Waals surface area contributed by atoms with Crippen LogP contribution in [0.25, 0.3) is 0 Å². The Morgan fingerprint density at radius 2 is 1.71 bits per heavy atom. The minimum atomic E-state index is -0.251. The third kappa shape index (κ3) is 4.70. The Morgan fingerprint density at radius 1 is 1.00 bits per heavy atom. The number of anilines is 1. The summed E-state index contributed by atoms with van der Waals surface area (Å²) in [5.74, 6) is 2.06. The van der Waals surface area contributed by atoms with Crippen LogP contribution in [0.15, 0.2) is 42.5 Å². The first-order valence-electron chi connectivity index (χ1n) is 11.6. The van der Waals surface area contributed by atoms with E-state index in [1.165, 1.54) is 12.1 Å². The standard InChI is InChI=1S/C25H33FN6O2/c1-6-25(2,3)32-24(27-28-29-32)23(21-17-20(33-4)11-12-22(21)34-5)31-15-13-30(14-16-31)19-9-7-18(26)8-10-19/h7-12,17,23H,6,13-16H2,1-5H3/t23-/m1/s1. The Morgan fingerprint density at radius 3 is 2.32 bits per heavy atom. The Hall–Kier alpha value is -3.20. The van der Waals surface area contributed by atoms with Crippen LogP contribution in [-0.2, 0) is 5.54 Å². The van der Waals surface area contributed by atoms with Crippen molar-refractivity contribution < 1.29 is 13.9 Å². The molecule has 2 heterocycles. The summed E-state index contributed by atoms with van der Waals surface area (Å²) in [6.45, 7) is 9.57. The van der Waals surface area contributed by atoms with Gasteiger partial charge in [0, 0.05) is 37.4 Å². The van der Waals surface area contributed by atoms with Crippen molar-refractivity contribution in [2.45, 2.75) is 38.8 Å². The maximum absolute atomic E-state index is 13.4. The highest BCUT2D eigenvalue weighted by Crippen LogP contribution is 2.38. The molecule has 1 aliphatic heterocycles. The minimum Gasteiger partial charge on any atom is -0.497 e. The van der Waals surface area contributed by atoms with Crippen molar-refractivity contribution in [1.29, 1.82) is 0 Å². The molecule has 0 radical (unpaired) electrons. The third-order valence-corrected chi connectivity index (χ3v) is 6.78. The zero-order chi connectivity index (χ0) is 24.3. The third-order valence-electron chi connectivity index (χ3n) is 6.78. The molecule has 182 valence electrons. The summed E-state index contributed by atoms with van der Waals surface area (Å²) in [5.41, 5.74) is 1.73. The van der Waals surface area contributed by atoms with Crippen molar-refractivity contribution in [3.8, 4) is 11.5 Å². The number of piperazine rings is 1. The largest absolute Gasteiger partial charge is 0.497 e. The molecule has 0 saturated carbocycles. The van der Waals surface area contributed by atoms with Gasteiger partial charge in [-0.1, -0.05) is 6.92 Å². The van der Waals surface area contributed by atoms with Gasteiger partial charge in [-0.2, -0.15) is 0 Å². The molecule has 0 aliphatic carbocycles. The Labute approximate surface area is 200 Å². The molecule has 4 rings (SSSR count). The van der Waals surface area contributed by atoms with E-state index < -0.39 is 0 Å². The average Bonchev–Trinajstić information content (AvgIpc) is 3.35. The van der Waals surface area contributed by atoms with E-state index in [1.807, 2.05) is 35.0 Å². The summed E-state index contributed by atoms with van der Waals surface area (Å²) in [6.07, 6.45) is 0.880. The number of halogens is 1. The first kappa shape index (κ1) is 23.9. The monoisotopic (exact) mass is 468 g/mol. The number of ether oxygens (including phenoxy) is 2. The van der Waals surface area contributed by atoms with Crippen LogP contribution in [0.1, 0.15) is 44.6 Å². The molecule has 2 aromatic carbocycles. The van der Waals surface area contributed by atoms with Crippen molar-refractivity contribution in [2.75, 3.05) is 45.3 Å². The number of rotatable bonds is 8. The topological polar surface area (TPSA) is 68.5 Å². The van der Waals surface area contributed by atoms with Crippen LogP contribution < -0.4 is 14.4 Å². The molecule has 1 saturated heterocycles. The highest BCUT2D eigenvalue weighted by Gasteiger charge is 2.36. The molecule has 1 atom stereocenters. The highest BCUT2D eigenvalue weighted by molar-refractivity contribution is 5.48. The van der Waals surface area contributed by atoms with Gasteiger partial charge in [-0.3, -0.25) is 4.90 Å². The summed E-state index contributed by atoms with van der Waals surface area (Å²) in [5, 5.41) is 13.0. The van der Waals surface area contributed by atoms with Crippen molar-refractivity contribution in [1.82, 2.24) is 25.1 Å². The van der Waals surface area contributed by atoms with Crippen molar-refractivity contribution in [2.24, 2.45) is 0 Å². The summed E-state index contributed by atoms with van der Waals surface area (Å²) in [4.78, 5) is 4.65. The molecule has 0 N–H and O–H groups in total. The molecule has 3 aromatic rings. The second-order valence-electron chi connectivity index (χ2n) is 9.12. The van der Waals surface area contributed by atoms with E-state index in [-0.39, 0.29) is 17.4 Å². The average molecular weight is 469 g/mol. The van der Waals surface area contributed by atoms with Crippen molar-refractivity contribution in [3.63, 3.8) is 0 Å². The van der Waals surface area contributed by atoms with Gasteiger partial charge in [-0.25, -0.2) is 9.07 Å². The van der Waals surface area contributed by atoms with Crippen LogP contribution in [0.2, 0.25) is 0 Å². The first-order chi connectivity index (χ1) is 16.4. The quantitative estimate of drug-likeness (QED) is 0.497. The maximum Gasteiger partial charge on any atom is 0.173 e. The second-order valence-corrected chi connectivity index (χ2v) is 9.12. The molecule has 34 heavy (non-hydrogen) atoms. The van der Waals surface area contributed by atoms with Gasteiger partial charge in [-0.05, 0) is 73.2 Å². The van der Waals surface area contributed by atoms with Gasteiger partial charge < -0.3 is 14.4 Å².